The fourth-order valence-corrected chi connectivity index (χ4v) is 3.16. The van der Waals surface area contributed by atoms with Crippen LogP contribution < -0.4 is 0 Å². The molecular formula is C19H29NO2. The summed E-state index contributed by atoms with van der Waals surface area (Å²) < 4.78 is 5.92. The number of esters is 1. The van der Waals surface area contributed by atoms with Gasteiger partial charge in [0.2, 0.25) is 0 Å². The van der Waals surface area contributed by atoms with Crippen LogP contribution in [0.3, 0.4) is 0 Å². The van der Waals surface area contributed by atoms with E-state index in [-0.39, 0.29) is 11.6 Å². The van der Waals surface area contributed by atoms with E-state index in [2.05, 4.69) is 36.1 Å². The van der Waals surface area contributed by atoms with Crippen LogP contribution in [0.1, 0.15) is 51.5 Å². The predicted octanol–water partition coefficient (Wildman–Crippen LogP) is 3.82. The lowest BCUT2D eigenvalue weighted by Crippen LogP contribution is -2.48. The van der Waals surface area contributed by atoms with Crippen LogP contribution in [0.2, 0.25) is 0 Å². The summed E-state index contributed by atoms with van der Waals surface area (Å²) in [7, 11) is 0. The molecule has 1 aromatic rings. The van der Waals surface area contributed by atoms with Crippen molar-refractivity contribution in [1.82, 2.24) is 4.90 Å². The number of piperidine rings is 1. The number of likely N-dealkylation sites (tertiary alicyclic amines) is 1. The second kappa shape index (κ2) is 8.33. The standard InChI is InChI=1S/C19H29NO2/c1-3-5-13-20-14-11-19(12-15-20,22-18(21)4-2)16-17-9-7-6-8-10-17/h6-10H,3-5,11-16H2,1-2H3. The van der Waals surface area contributed by atoms with Gasteiger partial charge in [-0.15, -0.1) is 0 Å². The van der Waals surface area contributed by atoms with Crippen LogP contribution in [-0.2, 0) is 16.0 Å². The summed E-state index contributed by atoms with van der Waals surface area (Å²) in [5.41, 5.74) is 0.949. The molecule has 1 aliphatic rings. The highest BCUT2D eigenvalue weighted by molar-refractivity contribution is 5.69. The molecule has 1 heterocycles. The largest absolute Gasteiger partial charge is 0.459 e. The molecule has 0 radical (unpaired) electrons. The molecule has 3 heteroatoms. The lowest BCUT2D eigenvalue weighted by atomic mass is 9.84. The summed E-state index contributed by atoms with van der Waals surface area (Å²) in [6, 6.07) is 10.4. The summed E-state index contributed by atoms with van der Waals surface area (Å²) in [6.45, 7) is 7.33. The maximum absolute atomic E-state index is 11.9. The molecule has 1 fully saturated rings. The van der Waals surface area contributed by atoms with E-state index in [9.17, 15) is 4.79 Å². The van der Waals surface area contributed by atoms with Crippen molar-refractivity contribution < 1.29 is 9.53 Å². The first-order valence-electron chi connectivity index (χ1n) is 8.65. The number of nitrogens with zero attached hydrogens (tertiary/aromatic N) is 1. The zero-order valence-electron chi connectivity index (χ0n) is 14.0. The molecule has 0 aromatic heterocycles. The first kappa shape index (κ1) is 17.0. The zero-order chi connectivity index (χ0) is 15.8. The highest BCUT2D eigenvalue weighted by Crippen LogP contribution is 2.31. The van der Waals surface area contributed by atoms with Gasteiger partial charge in [0.1, 0.15) is 5.60 Å². The SMILES string of the molecule is CCCCN1CCC(Cc2ccccc2)(OC(=O)CC)CC1. The van der Waals surface area contributed by atoms with Crippen molar-refractivity contribution in [3.63, 3.8) is 0 Å². The van der Waals surface area contributed by atoms with Crippen LogP contribution in [0.15, 0.2) is 30.3 Å². The Kier molecular flexibility index (Phi) is 6.44. The van der Waals surface area contributed by atoms with Gasteiger partial charge in [0, 0.05) is 38.8 Å². The summed E-state index contributed by atoms with van der Waals surface area (Å²) in [4.78, 5) is 14.4. The Balaban J connectivity index is 2.02. The number of ether oxygens (including phenoxy) is 1. The van der Waals surface area contributed by atoms with Crippen LogP contribution in [0.4, 0.5) is 0 Å². The number of carbonyl (C=O) groups excluding carboxylic acids is 1. The lowest BCUT2D eigenvalue weighted by Gasteiger charge is -2.41. The van der Waals surface area contributed by atoms with Gasteiger partial charge in [-0.2, -0.15) is 0 Å². The highest BCUT2D eigenvalue weighted by Gasteiger charge is 2.37. The average Bonchev–Trinajstić information content (AvgIpc) is 2.55. The Morgan fingerprint density at radius 2 is 1.86 bits per heavy atom. The van der Waals surface area contributed by atoms with E-state index in [1.165, 1.54) is 24.9 Å². The second-order valence-corrected chi connectivity index (χ2v) is 6.37. The van der Waals surface area contributed by atoms with Crippen molar-refractivity contribution in [2.24, 2.45) is 0 Å². The third-order valence-electron chi connectivity index (χ3n) is 4.58. The molecule has 1 aromatic carbocycles. The molecule has 1 aliphatic heterocycles. The van der Waals surface area contributed by atoms with Gasteiger partial charge in [-0.25, -0.2) is 0 Å². The van der Waals surface area contributed by atoms with E-state index in [4.69, 9.17) is 4.74 Å². The maximum Gasteiger partial charge on any atom is 0.306 e. The zero-order valence-corrected chi connectivity index (χ0v) is 14.0. The van der Waals surface area contributed by atoms with Gasteiger partial charge < -0.3 is 9.64 Å². The monoisotopic (exact) mass is 303 g/mol. The first-order valence-corrected chi connectivity index (χ1v) is 8.65. The molecule has 0 spiro atoms. The smallest absolute Gasteiger partial charge is 0.306 e. The predicted molar refractivity (Wildman–Crippen MR) is 89.8 cm³/mol. The van der Waals surface area contributed by atoms with Crippen molar-refractivity contribution >= 4 is 5.97 Å². The molecule has 22 heavy (non-hydrogen) atoms. The number of benzene rings is 1. The van der Waals surface area contributed by atoms with Crippen molar-refractivity contribution in [2.45, 2.75) is 58.0 Å². The molecule has 0 atom stereocenters. The average molecular weight is 303 g/mol. The number of carbonyl (C=O) groups is 1. The molecule has 0 amide bonds. The summed E-state index contributed by atoms with van der Waals surface area (Å²) >= 11 is 0. The van der Waals surface area contributed by atoms with E-state index >= 15 is 0 Å². The minimum Gasteiger partial charge on any atom is -0.459 e. The molecule has 0 saturated carbocycles. The number of hydrogen-bond donors (Lipinski definition) is 0. The Labute approximate surface area is 134 Å². The van der Waals surface area contributed by atoms with E-state index < -0.39 is 0 Å². The molecule has 0 bridgehead atoms. The molecule has 1 saturated heterocycles. The van der Waals surface area contributed by atoms with Crippen LogP contribution >= 0.6 is 0 Å². The Morgan fingerprint density at radius 3 is 2.45 bits per heavy atom. The molecule has 122 valence electrons. The molecule has 0 unspecified atom stereocenters. The Hall–Kier alpha value is -1.35. The third-order valence-corrected chi connectivity index (χ3v) is 4.58. The summed E-state index contributed by atoms with van der Waals surface area (Å²) in [5.74, 6) is -0.0714. The molecule has 0 aliphatic carbocycles. The van der Waals surface area contributed by atoms with Gasteiger partial charge in [-0.05, 0) is 18.5 Å². The minimum atomic E-state index is -0.308. The number of unbranched alkanes of at least 4 members (excludes halogenated alkanes) is 1. The molecule has 0 N–H and O–H groups in total. The van der Waals surface area contributed by atoms with Crippen LogP contribution in [0.5, 0.6) is 0 Å². The van der Waals surface area contributed by atoms with Gasteiger partial charge in [0.15, 0.2) is 0 Å². The summed E-state index contributed by atoms with van der Waals surface area (Å²) in [5, 5.41) is 0. The van der Waals surface area contributed by atoms with Gasteiger partial charge in [0.05, 0.1) is 0 Å². The van der Waals surface area contributed by atoms with E-state index in [0.29, 0.717) is 6.42 Å². The minimum absolute atomic E-state index is 0.0714. The van der Waals surface area contributed by atoms with E-state index in [1.807, 2.05) is 13.0 Å². The number of hydrogen-bond acceptors (Lipinski definition) is 3. The van der Waals surface area contributed by atoms with E-state index in [0.717, 1.165) is 32.4 Å². The fraction of sp³-hybridized carbons (Fsp3) is 0.632. The Bertz CT molecular complexity index is 450. The quantitative estimate of drug-likeness (QED) is 0.717. The van der Waals surface area contributed by atoms with Crippen LogP contribution in [-0.4, -0.2) is 36.1 Å². The normalized spacial score (nSPS) is 18.1. The van der Waals surface area contributed by atoms with Gasteiger partial charge >= 0.3 is 5.97 Å². The second-order valence-electron chi connectivity index (χ2n) is 6.37. The van der Waals surface area contributed by atoms with Crippen LogP contribution in [0, 0.1) is 0 Å². The van der Waals surface area contributed by atoms with Gasteiger partial charge in [-0.1, -0.05) is 50.6 Å². The topological polar surface area (TPSA) is 29.5 Å². The van der Waals surface area contributed by atoms with Gasteiger partial charge in [0.25, 0.3) is 0 Å². The van der Waals surface area contributed by atoms with Crippen LogP contribution in [0.25, 0.3) is 0 Å². The third kappa shape index (κ3) is 4.84. The maximum atomic E-state index is 11.9. The van der Waals surface area contributed by atoms with E-state index in [1.54, 1.807) is 0 Å². The first-order chi connectivity index (χ1) is 10.7. The van der Waals surface area contributed by atoms with Gasteiger partial charge in [-0.3, -0.25) is 4.79 Å². The number of rotatable bonds is 7. The molecule has 2 rings (SSSR count). The molecular weight excluding hydrogens is 274 g/mol. The van der Waals surface area contributed by atoms with Crippen molar-refractivity contribution in [3.8, 4) is 0 Å². The molecule has 3 nitrogen and oxygen atoms in total. The lowest BCUT2D eigenvalue weighted by molar-refractivity contribution is -0.164. The summed E-state index contributed by atoms with van der Waals surface area (Å²) in [6.07, 6.45) is 5.66. The van der Waals surface area contributed by atoms with Crippen molar-refractivity contribution in [3.05, 3.63) is 35.9 Å². The van der Waals surface area contributed by atoms with Crippen molar-refractivity contribution in [1.29, 1.82) is 0 Å². The van der Waals surface area contributed by atoms with Crippen molar-refractivity contribution in [2.75, 3.05) is 19.6 Å². The Morgan fingerprint density at radius 1 is 1.18 bits per heavy atom. The fourth-order valence-electron chi connectivity index (χ4n) is 3.16. The highest BCUT2D eigenvalue weighted by atomic mass is 16.6.